The van der Waals surface area contributed by atoms with Gasteiger partial charge in [0.05, 0.1) is 6.07 Å². The number of pyridine rings is 2. The van der Waals surface area contributed by atoms with Gasteiger partial charge in [-0.3, -0.25) is 19.4 Å². The second-order valence-corrected chi connectivity index (χ2v) is 9.04. The van der Waals surface area contributed by atoms with Crippen molar-refractivity contribution in [3.05, 3.63) is 83.0 Å². The van der Waals surface area contributed by atoms with Crippen LogP contribution in [-0.4, -0.2) is 38.9 Å². The van der Waals surface area contributed by atoms with E-state index in [1.54, 1.807) is 48.9 Å². The molecule has 1 N–H and O–H groups in total. The van der Waals surface area contributed by atoms with Crippen molar-refractivity contribution < 1.29 is 9.59 Å². The summed E-state index contributed by atoms with van der Waals surface area (Å²) in [5.41, 5.74) is 2.26. The summed E-state index contributed by atoms with van der Waals surface area (Å²) in [4.78, 5) is 45.5. The highest BCUT2D eigenvalue weighted by Crippen LogP contribution is 2.26. The Hall–Kier alpha value is -4.25. The quantitative estimate of drug-likeness (QED) is 0.616. The van der Waals surface area contributed by atoms with Crippen LogP contribution in [0.4, 0.5) is 5.69 Å². The summed E-state index contributed by atoms with van der Waals surface area (Å²) < 4.78 is 1.43. The third-order valence-electron chi connectivity index (χ3n) is 6.11. The molecule has 8 nitrogen and oxygen atoms in total. The fraction of sp³-hybridized carbons (Fsp3) is 0.296. The standard InChI is InChI=1S/C27H27N5O3/c1-18(2)14-24(31-13-5-7-22(26(31)34)19-9-11-29-12-10-19)27(35)32-17-25(33)30-23-8-4-3-6-20(23)15-21(32)16-28/h3-13,18,21,24H,14-15,17H2,1-2H3,(H,30,33)/t21-,24-/m0/s1. The lowest BCUT2D eigenvalue weighted by Crippen LogP contribution is -2.50. The van der Waals surface area contributed by atoms with Crippen molar-refractivity contribution in [3.63, 3.8) is 0 Å². The molecule has 0 fully saturated rings. The summed E-state index contributed by atoms with van der Waals surface area (Å²) in [5, 5.41) is 12.8. The first-order valence-electron chi connectivity index (χ1n) is 11.6. The molecule has 2 aromatic heterocycles. The molecule has 1 aromatic carbocycles. The number of anilines is 1. The molecule has 1 aliphatic heterocycles. The van der Waals surface area contributed by atoms with Crippen LogP contribution in [0.25, 0.3) is 11.1 Å². The predicted octanol–water partition coefficient (Wildman–Crippen LogP) is 3.41. The molecule has 35 heavy (non-hydrogen) atoms. The van der Waals surface area contributed by atoms with Crippen LogP contribution in [0.1, 0.15) is 31.9 Å². The maximum Gasteiger partial charge on any atom is 0.259 e. The number of hydrogen-bond acceptors (Lipinski definition) is 5. The SMILES string of the molecule is CC(C)C[C@@H](C(=O)N1CC(=O)Nc2ccccc2C[C@H]1C#N)n1cccc(-c2ccncc2)c1=O. The Bertz CT molecular complexity index is 1330. The zero-order valence-corrected chi connectivity index (χ0v) is 19.7. The fourth-order valence-corrected chi connectivity index (χ4v) is 4.42. The first-order chi connectivity index (χ1) is 16.9. The molecule has 3 heterocycles. The third kappa shape index (κ3) is 5.14. The first-order valence-corrected chi connectivity index (χ1v) is 11.6. The second-order valence-electron chi connectivity index (χ2n) is 9.04. The molecular weight excluding hydrogens is 442 g/mol. The van der Waals surface area contributed by atoms with Crippen LogP contribution < -0.4 is 10.9 Å². The molecule has 0 aliphatic carbocycles. The van der Waals surface area contributed by atoms with Crippen molar-refractivity contribution in [3.8, 4) is 17.2 Å². The molecule has 178 valence electrons. The monoisotopic (exact) mass is 469 g/mol. The number of nitrogens with one attached hydrogen (secondary N) is 1. The van der Waals surface area contributed by atoms with Crippen LogP contribution in [-0.2, 0) is 16.0 Å². The van der Waals surface area contributed by atoms with Crippen LogP contribution in [0, 0.1) is 17.2 Å². The van der Waals surface area contributed by atoms with Gasteiger partial charge >= 0.3 is 0 Å². The van der Waals surface area contributed by atoms with E-state index in [0.29, 0.717) is 23.2 Å². The Morgan fingerprint density at radius 1 is 1.14 bits per heavy atom. The third-order valence-corrected chi connectivity index (χ3v) is 6.11. The van der Waals surface area contributed by atoms with E-state index in [4.69, 9.17) is 0 Å². The maximum absolute atomic E-state index is 14.0. The number of nitrogens with zero attached hydrogens (tertiary/aromatic N) is 4. The molecule has 2 atom stereocenters. The van der Waals surface area contributed by atoms with Crippen LogP contribution in [0.3, 0.4) is 0 Å². The van der Waals surface area contributed by atoms with Crippen LogP contribution >= 0.6 is 0 Å². The summed E-state index contributed by atoms with van der Waals surface area (Å²) in [6, 6.07) is 14.7. The number of para-hydroxylation sites is 1. The number of carbonyl (C=O) groups is 2. The first kappa shape index (κ1) is 23.9. The van der Waals surface area contributed by atoms with Gasteiger partial charge in [0.15, 0.2) is 0 Å². The summed E-state index contributed by atoms with van der Waals surface area (Å²) in [7, 11) is 0. The summed E-state index contributed by atoms with van der Waals surface area (Å²) >= 11 is 0. The minimum atomic E-state index is -0.859. The zero-order valence-electron chi connectivity index (χ0n) is 19.7. The van der Waals surface area contributed by atoms with Crippen LogP contribution in [0.15, 0.2) is 71.9 Å². The number of hydrogen-bond donors (Lipinski definition) is 1. The minimum Gasteiger partial charge on any atom is -0.324 e. The molecule has 4 rings (SSSR count). The topological polar surface area (TPSA) is 108 Å². The lowest BCUT2D eigenvalue weighted by molar-refractivity contribution is -0.139. The van der Waals surface area contributed by atoms with Gasteiger partial charge in [-0.2, -0.15) is 5.26 Å². The lowest BCUT2D eigenvalue weighted by atomic mass is 9.98. The van der Waals surface area contributed by atoms with Crippen molar-refractivity contribution in [2.45, 2.75) is 38.8 Å². The van der Waals surface area contributed by atoms with E-state index in [-0.39, 0.29) is 30.3 Å². The number of carbonyl (C=O) groups excluding carboxylic acids is 2. The number of amides is 2. The number of rotatable bonds is 5. The lowest BCUT2D eigenvalue weighted by Gasteiger charge is -2.33. The molecule has 8 heteroatoms. The molecular formula is C27H27N5O3. The van der Waals surface area contributed by atoms with E-state index in [2.05, 4.69) is 16.4 Å². The Morgan fingerprint density at radius 3 is 2.60 bits per heavy atom. The van der Waals surface area contributed by atoms with Gasteiger partial charge in [0, 0.05) is 36.3 Å². The molecule has 0 spiro atoms. The highest BCUT2D eigenvalue weighted by Gasteiger charge is 2.35. The van der Waals surface area contributed by atoms with Gasteiger partial charge in [-0.15, -0.1) is 0 Å². The van der Waals surface area contributed by atoms with E-state index in [1.807, 2.05) is 32.0 Å². The van der Waals surface area contributed by atoms with Crippen LogP contribution in [0.5, 0.6) is 0 Å². The number of aromatic nitrogens is 2. The van der Waals surface area contributed by atoms with E-state index in [0.717, 1.165) is 5.56 Å². The summed E-state index contributed by atoms with van der Waals surface area (Å²) in [6.45, 7) is 3.67. The molecule has 1 aliphatic rings. The van der Waals surface area contributed by atoms with Gasteiger partial charge in [-0.25, -0.2) is 0 Å². The second kappa shape index (κ2) is 10.3. The Morgan fingerprint density at radius 2 is 1.89 bits per heavy atom. The van der Waals surface area contributed by atoms with Crippen molar-refractivity contribution >= 4 is 17.5 Å². The Balaban J connectivity index is 1.75. The molecule has 2 amide bonds. The number of nitriles is 1. The average molecular weight is 470 g/mol. The van der Waals surface area contributed by atoms with E-state index in [9.17, 15) is 19.6 Å². The normalized spacial score (nSPS) is 16.5. The van der Waals surface area contributed by atoms with E-state index in [1.165, 1.54) is 9.47 Å². The van der Waals surface area contributed by atoms with Crippen molar-refractivity contribution in [1.29, 1.82) is 5.26 Å². The minimum absolute atomic E-state index is 0.0882. The van der Waals surface area contributed by atoms with E-state index < -0.39 is 18.0 Å². The molecule has 0 saturated heterocycles. The molecule has 0 saturated carbocycles. The van der Waals surface area contributed by atoms with Gasteiger partial charge in [-0.05, 0) is 53.8 Å². The van der Waals surface area contributed by atoms with Gasteiger partial charge in [0.25, 0.3) is 5.56 Å². The largest absolute Gasteiger partial charge is 0.324 e. The van der Waals surface area contributed by atoms with Gasteiger partial charge in [0.2, 0.25) is 11.8 Å². The Labute approximate surface area is 203 Å². The van der Waals surface area contributed by atoms with Crippen molar-refractivity contribution in [2.24, 2.45) is 5.92 Å². The van der Waals surface area contributed by atoms with E-state index >= 15 is 0 Å². The predicted molar refractivity (Wildman–Crippen MR) is 132 cm³/mol. The van der Waals surface area contributed by atoms with Crippen LogP contribution in [0.2, 0.25) is 0 Å². The highest BCUT2D eigenvalue weighted by atomic mass is 16.2. The fourth-order valence-electron chi connectivity index (χ4n) is 4.42. The summed E-state index contributed by atoms with van der Waals surface area (Å²) in [5.74, 6) is -0.717. The van der Waals surface area contributed by atoms with Crippen molar-refractivity contribution in [2.75, 3.05) is 11.9 Å². The molecule has 0 bridgehead atoms. The van der Waals surface area contributed by atoms with Gasteiger partial charge < -0.3 is 14.8 Å². The number of fused-ring (bicyclic) bond motifs is 1. The Kier molecular flexibility index (Phi) is 7.06. The smallest absolute Gasteiger partial charge is 0.259 e. The number of benzene rings is 1. The zero-order chi connectivity index (χ0) is 24.9. The maximum atomic E-state index is 14.0. The average Bonchev–Trinajstić information content (AvgIpc) is 2.85. The molecule has 0 unspecified atom stereocenters. The highest BCUT2D eigenvalue weighted by molar-refractivity contribution is 5.96. The molecule has 0 radical (unpaired) electrons. The van der Waals surface area contributed by atoms with Crippen molar-refractivity contribution in [1.82, 2.24) is 14.5 Å². The van der Waals surface area contributed by atoms with Gasteiger partial charge in [-0.1, -0.05) is 32.0 Å². The summed E-state index contributed by atoms with van der Waals surface area (Å²) in [6.07, 6.45) is 5.47. The molecule has 3 aromatic rings. The van der Waals surface area contributed by atoms with Gasteiger partial charge in [0.1, 0.15) is 18.6 Å².